The maximum Gasteiger partial charge on any atom is 0.226 e. The SMILES string of the molecule is CNc1ncc(C)c(Oc2cc(C#N)ccc2C)n1. The quantitative estimate of drug-likeness (QED) is 0.911. The van der Waals surface area contributed by atoms with E-state index >= 15 is 0 Å². The number of hydrogen-bond acceptors (Lipinski definition) is 5. The number of nitriles is 1. The van der Waals surface area contributed by atoms with Crippen molar-refractivity contribution in [2.45, 2.75) is 13.8 Å². The highest BCUT2D eigenvalue weighted by atomic mass is 16.5. The first kappa shape index (κ1) is 12.8. The molecule has 0 fully saturated rings. The maximum atomic E-state index is 8.91. The van der Waals surface area contributed by atoms with Crippen LogP contribution in [0.3, 0.4) is 0 Å². The van der Waals surface area contributed by atoms with Crippen molar-refractivity contribution in [1.29, 1.82) is 5.26 Å². The Balaban J connectivity index is 2.38. The van der Waals surface area contributed by atoms with Crippen molar-refractivity contribution in [2.75, 3.05) is 12.4 Å². The van der Waals surface area contributed by atoms with Gasteiger partial charge >= 0.3 is 0 Å². The van der Waals surface area contributed by atoms with Crippen molar-refractivity contribution >= 4 is 5.95 Å². The Morgan fingerprint density at radius 1 is 1.26 bits per heavy atom. The summed E-state index contributed by atoms with van der Waals surface area (Å²) in [6, 6.07) is 7.41. The van der Waals surface area contributed by atoms with Gasteiger partial charge in [-0.2, -0.15) is 10.2 Å². The van der Waals surface area contributed by atoms with Crippen molar-refractivity contribution in [3.05, 3.63) is 41.1 Å². The van der Waals surface area contributed by atoms with Crippen LogP contribution in [-0.2, 0) is 0 Å². The fourth-order valence-corrected chi connectivity index (χ4v) is 1.53. The van der Waals surface area contributed by atoms with Gasteiger partial charge < -0.3 is 10.1 Å². The summed E-state index contributed by atoms with van der Waals surface area (Å²) in [5.74, 6) is 1.61. The summed E-state index contributed by atoms with van der Waals surface area (Å²) < 4.78 is 5.78. The average Bonchev–Trinajstić information content (AvgIpc) is 2.43. The molecule has 0 bridgehead atoms. The van der Waals surface area contributed by atoms with Crippen LogP contribution in [-0.4, -0.2) is 17.0 Å². The highest BCUT2D eigenvalue weighted by Gasteiger charge is 2.08. The summed E-state index contributed by atoms with van der Waals surface area (Å²) >= 11 is 0. The maximum absolute atomic E-state index is 8.91. The number of ether oxygens (including phenoxy) is 1. The minimum absolute atomic E-state index is 0.484. The first-order valence-electron chi connectivity index (χ1n) is 5.84. The van der Waals surface area contributed by atoms with Gasteiger partial charge in [0.1, 0.15) is 5.75 Å². The van der Waals surface area contributed by atoms with E-state index in [0.29, 0.717) is 23.1 Å². The number of benzene rings is 1. The second-order valence-corrected chi connectivity index (χ2v) is 4.13. The van der Waals surface area contributed by atoms with Crippen LogP contribution in [0, 0.1) is 25.2 Å². The fourth-order valence-electron chi connectivity index (χ4n) is 1.53. The third-order valence-corrected chi connectivity index (χ3v) is 2.67. The van der Waals surface area contributed by atoms with E-state index in [1.807, 2.05) is 19.9 Å². The summed E-state index contributed by atoms with van der Waals surface area (Å²) in [6.45, 7) is 3.80. The van der Waals surface area contributed by atoms with Crippen LogP contribution in [0.25, 0.3) is 0 Å². The Bertz CT molecular complexity index is 646. The third kappa shape index (κ3) is 2.80. The number of aromatic nitrogens is 2. The average molecular weight is 254 g/mol. The minimum atomic E-state index is 0.484. The van der Waals surface area contributed by atoms with Crippen LogP contribution < -0.4 is 10.1 Å². The predicted molar refractivity (Wildman–Crippen MR) is 72.3 cm³/mol. The number of rotatable bonds is 3. The molecule has 1 N–H and O–H groups in total. The summed E-state index contributed by atoms with van der Waals surface area (Å²) in [7, 11) is 1.75. The van der Waals surface area contributed by atoms with Crippen molar-refractivity contribution in [3.63, 3.8) is 0 Å². The molecule has 1 aromatic heterocycles. The zero-order valence-electron chi connectivity index (χ0n) is 11.1. The molecule has 0 atom stereocenters. The summed E-state index contributed by atoms with van der Waals surface area (Å²) in [5.41, 5.74) is 2.34. The molecule has 0 radical (unpaired) electrons. The number of nitrogens with zero attached hydrogens (tertiary/aromatic N) is 3. The van der Waals surface area contributed by atoms with Gasteiger partial charge in [-0.05, 0) is 31.5 Å². The molecular formula is C14H14N4O. The molecule has 2 aromatic rings. The van der Waals surface area contributed by atoms with Gasteiger partial charge in [0.15, 0.2) is 0 Å². The first-order chi connectivity index (χ1) is 9.13. The zero-order chi connectivity index (χ0) is 13.8. The lowest BCUT2D eigenvalue weighted by atomic mass is 10.1. The first-order valence-corrected chi connectivity index (χ1v) is 5.84. The van der Waals surface area contributed by atoms with E-state index in [4.69, 9.17) is 10.00 Å². The van der Waals surface area contributed by atoms with E-state index < -0.39 is 0 Å². The molecule has 19 heavy (non-hydrogen) atoms. The molecule has 0 aliphatic rings. The second-order valence-electron chi connectivity index (χ2n) is 4.13. The van der Waals surface area contributed by atoms with Crippen molar-refractivity contribution in [3.8, 4) is 17.7 Å². The standard InChI is InChI=1S/C14H14N4O/c1-9-4-5-11(7-15)6-12(9)19-13-10(2)8-17-14(16-3)18-13/h4-6,8H,1-3H3,(H,16,17,18). The topological polar surface area (TPSA) is 70.8 Å². The molecule has 0 amide bonds. The highest BCUT2D eigenvalue weighted by molar-refractivity contribution is 5.44. The Kier molecular flexibility index (Phi) is 3.62. The summed E-state index contributed by atoms with van der Waals surface area (Å²) in [6.07, 6.45) is 1.69. The van der Waals surface area contributed by atoms with Gasteiger partial charge in [0.2, 0.25) is 11.8 Å². The molecule has 2 rings (SSSR count). The van der Waals surface area contributed by atoms with E-state index in [1.54, 1.807) is 25.4 Å². The van der Waals surface area contributed by atoms with E-state index in [-0.39, 0.29) is 0 Å². The van der Waals surface area contributed by atoms with E-state index in [2.05, 4.69) is 21.4 Å². The molecule has 5 nitrogen and oxygen atoms in total. The van der Waals surface area contributed by atoms with Crippen LogP contribution >= 0.6 is 0 Å². The van der Waals surface area contributed by atoms with E-state index in [9.17, 15) is 0 Å². The monoisotopic (exact) mass is 254 g/mol. The van der Waals surface area contributed by atoms with Crippen molar-refractivity contribution < 1.29 is 4.74 Å². The molecule has 0 spiro atoms. The van der Waals surface area contributed by atoms with Gasteiger partial charge in [0.25, 0.3) is 0 Å². The molecule has 96 valence electrons. The Morgan fingerprint density at radius 3 is 2.74 bits per heavy atom. The number of aryl methyl sites for hydroxylation is 2. The summed E-state index contributed by atoms with van der Waals surface area (Å²) in [4.78, 5) is 8.36. The molecule has 0 aliphatic carbocycles. The molecule has 0 saturated carbocycles. The van der Waals surface area contributed by atoms with Crippen LogP contribution in [0.15, 0.2) is 24.4 Å². The lowest BCUT2D eigenvalue weighted by Gasteiger charge is -2.10. The Morgan fingerprint density at radius 2 is 2.05 bits per heavy atom. The molecule has 5 heteroatoms. The Hall–Kier alpha value is -2.61. The molecule has 1 aromatic carbocycles. The van der Waals surface area contributed by atoms with Gasteiger partial charge in [-0.25, -0.2) is 4.98 Å². The van der Waals surface area contributed by atoms with Crippen LogP contribution in [0.2, 0.25) is 0 Å². The van der Waals surface area contributed by atoms with Gasteiger partial charge in [-0.15, -0.1) is 0 Å². The van der Waals surface area contributed by atoms with E-state index in [1.165, 1.54) is 0 Å². The number of anilines is 1. The lowest BCUT2D eigenvalue weighted by Crippen LogP contribution is -2.00. The normalized spacial score (nSPS) is 9.79. The predicted octanol–water partition coefficient (Wildman–Crippen LogP) is 2.80. The lowest BCUT2D eigenvalue weighted by molar-refractivity contribution is 0.454. The smallest absolute Gasteiger partial charge is 0.226 e. The van der Waals surface area contributed by atoms with Gasteiger partial charge in [-0.3, -0.25) is 0 Å². The van der Waals surface area contributed by atoms with Gasteiger partial charge in [0, 0.05) is 18.8 Å². The second kappa shape index (κ2) is 5.36. The van der Waals surface area contributed by atoms with Gasteiger partial charge in [-0.1, -0.05) is 6.07 Å². The van der Waals surface area contributed by atoms with Gasteiger partial charge in [0.05, 0.1) is 11.6 Å². The van der Waals surface area contributed by atoms with E-state index in [0.717, 1.165) is 11.1 Å². The molecule has 0 unspecified atom stereocenters. The Labute approximate surface area is 111 Å². The van der Waals surface area contributed by atoms with Crippen LogP contribution in [0.5, 0.6) is 11.6 Å². The fraction of sp³-hybridized carbons (Fsp3) is 0.214. The third-order valence-electron chi connectivity index (χ3n) is 2.67. The minimum Gasteiger partial charge on any atom is -0.438 e. The largest absolute Gasteiger partial charge is 0.438 e. The van der Waals surface area contributed by atoms with Crippen molar-refractivity contribution in [2.24, 2.45) is 0 Å². The number of hydrogen-bond donors (Lipinski definition) is 1. The molecular weight excluding hydrogens is 240 g/mol. The number of nitrogens with one attached hydrogen (secondary N) is 1. The summed E-state index contributed by atoms with van der Waals surface area (Å²) in [5, 5.41) is 11.8. The molecule has 1 heterocycles. The molecule has 0 aliphatic heterocycles. The van der Waals surface area contributed by atoms with Crippen LogP contribution in [0.4, 0.5) is 5.95 Å². The van der Waals surface area contributed by atoms with Crippen molar-refractivity contribution in [1.82, 2.24) is 9.97 Å². The van der Waals surface area contributed by atoms with Crippen LogP contribution in [0.1, 0.15) is 16.7 Å². The molecule has 0 saturated heterocycles. The zero-order valence-corrected chi connectivity index (χ0v) is 11.1. The highest BCUT2D eigenvalue weighted by Crippen LogP contribution is 2.27.